The number of rotatable bonds is 5. The summed E-state index contributed by atoms with van der Waals surface area (Å²) in [5.41, 5.74) is 0. The Balaban J connectivity index is 2.19. The van der Waals surface area contributed by atoms with Crippen LogP contribution in [0.2, 0.25) is 0 Å². The van der Waals surface area contributed by atoms with Gasteiger partial charge in [0.25, 0.3) is 0 Å². The first-order valence-corrected chi connectivity index (χ1v) is 6.66. The van der Waals surface area contributed by atoms with Crippen LogP contribution in [0.4, 0.5) is 0 Å². The molecule has 0 aromatic heterocycles. The van der Waals surface area contributed by atoms with Crippen LogP contribution in [-0.4, -0.2) is 0 Å². The predicted molar refractivity (Wildman–Crippen MR) is 64.4 cm³/mol. The molecule has 1 saturated carbocycles. The normalized spacial score (nSPS) is 37.7. The van der Waals surface area contributed by atoms with Crippen molar-refractivity contribution >= 4 is 0 Å². The lowest BCUT2D eigenvalue weighted by Crippen LogP contribution is -2.09. The molecule has 0 spiro atoms. The average Bonchev–Trinajstić information content (AvgIpc) is 2.41. The Kier molecular flexibility index (Phi) is 4.98. The molecule has 84 valence electrons. The maximum absolute atomic E-state index is 2.47. The van der Waals surface area contributed by atoms with Crippen LogP contribution in [0.25, 0.3) is 0 Å². The fourth-order valence-corrected chi connectivity index (χ4v) is 3.07. The van der Waals surface area contributed by atoms with Crippen molar-refractivity contribution < 1.29 is 0 Å². The third kappa shape index (κ3) is 3.00. The highest BCUT2D eigenvalue weighted by Gasteiger charge is 2.34. The van der Waals surface area contributed by atoms with E-state index >= 15 is 0 Å². The topological polar surface area (TPSA) is 0 Å². The van der Waals surface area contributed by atoms with Gasteiger partial charge in [-0.1, -0.05) is 59.8 Å². The first kappa shape index (κ1) is 12.1. The molecule has 1 aliphatic rings. The molecule has 0 amide bonds. The fourth-order valence-electron chi connectivity index (χ4n) is 3.07. The largest absolute Gasteiger partial charge is 0.0654 e. The number of unbranched alkanes of at least 4 members (excludes halogenated alkanes) is 3. The predicted octanol–water partition coefficient (Wildman–Crippen LogP) is 4.89. The van der Waals surface area contributed by atoms with Gasteiger partial charge in [-0.05, 0) is 30.1 Å². The Morgan fingerprint density at radius 2 is 1.64 bits per heavy atom. The first-order valence-electron chi connectivity index (χ1n) is 6.66. The van der Waals surface area contributed by atoms with Crippen LogP contribution in [0.15, 0.2) is 0 Å². The second-order valence-electron chi connectivity index (χ2n) is 5.54. The van der Waals surface area contributed by atoms with E-state index in [-0.39, 0.29) is 0 Å². The second kappa shape index (κ2) is 5.78. The summed E-state index contributed by atoms with van der Waals surface area (Å²) in [6, 6.07) is 0. The van der Waals surface area contributed by atoms with Gasteiger partial charge in [0.2, 0.25) is 0 Å². The van der Waals surface area contributed by atoms with Gasteiger partial charge in [-0.3, -0.25) is 0 Å². The molecule has 0 heteroatoms. The average molecular weight is 196 g/mol. The minimum Gasteiger partial charge on any atom is -0.0654 e. The maximum Gasteiger partial charge on any atom is -0.0383 e. The first-order chi connectivity index (χ1) is 6.66. The van der Waals surface area contributed by atoms with Gasteiger partial charge >= 0.3 is 0 Å². The van der Waals surface area contributed by atoms with Gasteiger partial charge in [0.05, 0.1) is 0 Å². The number of hydrogen-bond donors (Lipinski definition) is 0. The van der Waals surface area contributed by atoms with Gasteiger partial charge in [-0.15, -0.1) is 0 Å². The zero-order valence-corrected chi connectivity index (χ0v) is 10.6. The van der Waals surface area contributed by atoms with Gasteiger partial charge in [0.15, 0.2) is 0 Å². The van der Waals surface area contributed by atoms with E-state index in [1.165, 1.54) is 38.5 Å². The van der Waals surface area contributed by atoms with Crippen molar-refractivity contribution in [3.05, 3.63) is 0 Å². The van der Waals surface area contributed by atoms with Crippen molar-refractivity contribution in [1.29, 1.82) is 0 Å². The molecule has 0 radical (unpaired) electrons. The van der Waals surface area contributed by atoms with E-state index in [2.05, 4.69) is 27.7 Å². The van der Waals surface area contributed by atoms with Crippen molar-refractivity contribution in [1.82, 2.24) is 0 Å². The molecule has 4 atom stereocenters. The molecule has 0 aromatic rings. The van der Waals surface area contributed by atoms with E-state index in [0.717, 1.165) is 23.7 Å². The minimum atomic E-state index is 0.964. The smallest absolute Gasteiger partial charge is 0.0383 e. The van der Waals surface area contributed by atoms with Gasteiger partial charge < -0.3 is 0 Å². The molecule has 0 aliphatic heterocycles. The lowest BCUT2D eigenvalue weighted by Gasteiger charge is -2.18. The molecular formula is C14H28. The summed E-state index contributed by atoms with van der Waals surface area (Å²) in [5.74, 6) is 3.95. The molecule has 1 aliphatic carbocycles. The number of hydrogen-bond acceptors (Lipinski definition) is 0. The summed E-state index contributed by atoms with van der Waals surface area (Å²) in [6.45, 7) is 9.65. The van der Waals surface area contributed by atoms with Crippen molar-refractivity contribution in [2.45, 2.75) is 66.2 Å². The summed E-state index contributed by atoms with van der Waals surface area (Å²) >= 11 is 0. The van der Waals surface area contributed by atoms with Crippen LogP contribution in [0.1, 0.15) is 66.2 Å². The zero-order chi connectivity index (χ0) is 10.6. The van der Waals surface area contributed by atoms with Crippen LogP contribution in [-0.2, 0) is 0 Å². The molecule has 0 N–H and O–H groups in total. The summed E-state index contributed by atoms with van der Waals surface area (Å²) < 4.78 is 0. The van der Waals surface area contributed by atoms with E-state index in [0.29, 0.717) is 0 Å². The van der Waals surface area contributed by atoms with E-state index < -0.39 is 0 Å². The van der Waals surface area contributed by atoms with Crippen molar-refractivity contribution in [3.63, 3.8) is 0 Å². The SMILES string of the molecule is CCCCCCC1CC(C)C(C)C1C. The molecule has 0 heterocycles. The molecule has 0 aromatic carbocycles. The monoisotopic (exact) mass is 196 g/mol. The highest BCUT2D eigenvalue weighted by Crippen LogP contribution is 2.43. The van der Waals surface area contributed by atoms with Crippen LogP contribution in [0.3, 0.4) is 0 Å². The van der Waals surface area contributed by atoms with Crippen LogP contribution in [0.5, 0.6) is 0 Å². The Labute approximate surface area is 90.5 Å². The molecule has 0 bridgehead atoms. The van der Waals surface area contributed by atoms with E-state index in [1.807, 2.05) is 0 Å². The highest BCUT2D eigenvalue weighted by atomic mass is 14.4. The van der Waals surface area contributed by atoms with Gasteiger partial charge in [0, 0.05) is 0 Å². The Morgan fingerprint density at radius 3 is 2.14 bits per heavy atom. The second-order valence-corrected chi connectivity index (χ2v) is 5.54. The molecule has 14 heavy (non-hydrogen) atoms. The van der Waals surface area contributed by atoms with Crippen LogP contribution < -0.4 is 0 Å². The summed E-state index contributed by atoms with van der Waals surface area (Å²) in [7, 11) is 0. The lowest BCUT2D eigenvalue weighted by atomic mass is 9.88. The molecule has 0 saturated heterocycles. The van der Waals surface area contributed by atoms with Crippen molar-refractivity contribution in [2.75, 3.05) is 0 Å². The third-order valence-electron chi connectivity index (χ3n) is 4.57. The lowest BCUT2D eigenvalue weighted by molar-refractivity contribution is 0.320. The third-order valence-corrected chi connectivity index (χ3v) is 4.57. The zero-order valence-electron chi connectivity index (χ0n) is 10.6. The van der Waals surface area contributed by atoms with Crippen molar-refractivity contribution in [2.24, 2.45) is 23.7 Å². The maximum atomic E-state index is 2.47. The Bertz CT molecular complexity index is 150. The molecule has 1 rings (SSSR count). The highest BCUT2D eigenvalue weighted by molar-refractivity contribution is 4.84. The fraction of sp³-hybridized carbons (Fsp3) is 1.00. The Morgan fingerprint density at radius 1 is 0.929 bits per heavy atom. The summed E-state index contributed by atoms with van der Waals surface area (Å²) in [4.78, 5) is 0. The van der Waals surface area contributed by atoms with Gasteiger partial charge in [-0.25, -0.2) is 0 Å². The van der Waals surface area contributed by atoms with Gasteiger partial charge in [0.1, 0.15) is 0 Å². The Hall–Kier alpha value is 0. The molecule has 1 fully saturated rings. The van der Waals surface area contributed by atoms with Gasteiger partial charge in [-0.2, -0.15) is 0 Å². The molecule has 4 unspecified atom stereocenters. The quantitative estimate of drug-likeness (QED) is 0.549. The van der Waals surface area contributed by atoms with Crippen LogP contribution in [0, 0.1) is 23.7 Å². The van der Waals surface area contributed by atoms with Crippen LogP contribution >= 0.6 is 0 Å². The van der Waals surface area contributed by atoms with Crippen molar-refractivity contribution in [3.8, 4) is 0 Å². The minimum absolute atomic E-state index is 0.964. The van der Waals surface area contributed by atoms with E-state index in [9.17, 15) is 0 Å². The molecule has 0 nitrogen and oxygen atoms in total. The van der Waals surface area contributed by atoms with E-state index in [4.69, 9.17) is 0 Å². The summed E-state index contributed by atoms with van der Waals surface area (Å²) in [6.07, 6.45) is 8.73. The summed E-state index contributed by atoms with van der Waals surface area (Å²) in [5, 5.41) is 0. The van der Waals surface area contributed by atoms with E-state index in [1.54, 1.807) is 0 Å². The standard InChI is InChI=1S/C14H28/c1-5-6-7-8-9-14-10-11(2)12(3)13(14)4/h11-14H,5-10H2,1-4H3. The molecular weight excluding hydrogens is 168 g/mol.